The molecule has 0 aliphatic carbocycles. The van der Waals surface area contributed by atoms with Gasteiger partial charge in [0.25, 0.3) is 0 Å². The van der Waals surface area contributed by atoms with Crippen molar-refractivity contribution in [1.82, 2.24) is 10.6 Å². The molecule has 22 heavy (non-hydrogen) atoms. The number of carboxylic acid groups (broad SMARTS) is 1. The zero-order chi connectivity index (χ0) is 17.0. The van der Waals surface area contributed by atoms with Gasteiger partial charge in [-0.25, -0.2) is 0 Å². The molecule has 2 amide bonds. The lowest BCUT2D eigenvalue weighted by atomic mass is 10.1. The highest BCUT2D eigenvalue weighted by molar-refractivity contribution is 5.81. The van der Waals surface area contributed by atoms with Gasteiger partial charge in [-0.2, -0.15) is 0 Å². The van der Waals surface area contributed by atoms with E-state index >= 15 is 0 Å². The lowest BCUT2D eigenvalue weighted by molar-refractivity contribution is -0.138. The van der Waals surface area contributed by atoms with Crippen molar-refractivity contribution in [3.8, 4) is 0 Å². The average molecular weight is 315 g/mol. The van der Waals surface area contributed by atoms with Crippen LogP contribution in [0.3, 0.4) is 0 Å². The minimum atomic E-state index is -1.18. The second-order valence-electron chi connectivity index (χ2n) is 5.04. The summed E-state index contributed by atoms with van der Waals surface area (Å²) < 4.78 is 0. The van der Waals surface area contributed by atoms with Crippen molar-refractivity contribution in [1.29, 1.82) is 0 Å². The normalized spacial score (nSPS) is 13.0. The fourth-order valence-corrected chi connectivity index (χ4v) is 1.64. The molecule has 0 aromatic rings. The molecule has 0 aromatic heterocycles. The molecule has 0 aliphatic heterocycles. The zero-order valence-corrected chi connectivity index (χ0v) is 12.8. The molecule has 2 atom stereocenters. The molecule has 0 radical (unpaired) electrons. The summed E-state index contributed by atoms with van der Waals surface area (Å²) in [5, 5.41) is 13.8. The first-order valence-corrected chi connectivity index (χ1v) is 7.40. The molecule has 0 rings (SSSR count). The molecule has 0 saturated heterocycles. The van der Waals surface area contributed by atoms with Crippen LogP contribution in [-0.4, -0.2) is 47.8 Å². The fraction of sp³-hybridized carbons (Fsp3) is 0.714. The maximum Gasteiger partial charge on any atom is 0.320 e. The number of nitrogens with two attached hydrogens (primary N) is 1. The van der Waals surface area contributed by atoms with Crippen LogP contribution in [0.5, 0.6) is 0 Å². The number of aldehydes is 1. The molecule has 0 aromatic carbocycles. The molecule has 8 heteroatoms. The summed E-state index contributed by atoms with van der Waals surface area (Å²) >= 11 is 0. The Bertz CT molecular complexity index is 387. The third kappa shape index (κ3) is 9.87. The second kappa shape index (κ2) is 11.7. The Hall–Kier alpha value is -1.96. The predicted octanol–water partition coefficient (Wildman–Crippen LogP) is -0.441. The summed E-state index contributed by atoms with van der Waals surface area (Å²) in [6.45, 7) is 2.61. The van der Waals surface area contributed by atoms with Gasteiger partial charge in [0.2, 0.25) is 11.8 Å². The van der Waals surface area contributed by atoms with Gasteiger partial charge >= 0.3 is 5.97 Å². The smallest absolute Gasteiger partial charge is 0.320 e. The van der Waals surface area contributed by atoms with E-state index < -0.39 is 24.0 Å². The van der Waals surface area contributed by atoms with Crippen LogP contribution in [0, 0.1) is 0 Å². The van der Waals surface area contributed by atoms with Crippen molar-refractivity contribution in [2.45, 2.75) is 57.5 Å². The number of aliphatic carboxylic acids is 1. The van der Waals surface area contributed by atoms with E-state index in [4.69, 9.17) is 10.8 Å². The van der Waals surface area contributed by atoms with Gasteiger partial charge in [0.05, 0.1) is 6.04 Å². The van der Waals surface area contributed by atoms with Gasteiger partial charge in [0.15, 0.2) is 0 Å². The number of carboxylic acids is 1. The van der Waals surface area contributed by atoms with Gasteiger partial charge in [-0.05, 0) is 19.3 Å². The maximum atomic E-state index is 11.6. The Kier molecular flexibility index (Phi) is 10.6. The molecule has 1 unspecified atom stereocenters. The van der Waals surface area contributed by atoms with Gasteiger partial charge < -0.3 is 26.3 Å². The number of hydrogen-bond acceptors (Lipinski definition) is 5. The van der Waals surface area contributed by atoms with E-state index in [2.05, 4.69) is 10.6 Å². The van der Waals surface area contributed by atoms with Crippen molar-refractivity contribution >= 4 is 24.1 Å². The highest BCUT2D eigenvalue weighted by Gasteiger charge is 2.16. The minimum Gasteiger partial charge on any atom is -0.480 e. The predicted molar refractivity (Wildman–Crippen MR) is 80.0 cm³/mol. The molecular weight excluding hydrogens is 290 g/mol. The summed E-state index contributed by atoms with van der Waals surface area (Å²) in [4.78, 5) is 44.5. The summed E-state index contributed by atoms with van der Waals surface area (Å²) in [6.07, 6.45) is 2.69. The molecule has 8 nitrogen and oxygen atoms in total. The first-order chi connectivity index (χ1) is 10.4. The molecule has 0 spiro atoms. The molecule has 5 N–H and O–H groups in total. The molecule has 0 fully saturated rings. The maximum absolute atomic E-state index is 11.6. The third-order valence-electron chi connectivity index (χ3n) is 3.05. The standard InChI is InChI=1S/C14H25N3O5/c1-2-3-8-16-12(19)6-4-10(9-18)17-13(20)7-5-11(15)14(21)22/h9-11H,2-8,15H2,1H3,(H,16,19)(H,17,20)(H,21,22)/t10-,11?/m0/s1. The number of hydrogen-bond donors (Lipinski definition) is 4. The van der Waals surface area contributed by atoms with Crippen LogP contribution >= 0.6 is 0 Å². The molecule has 126 valence electrons. The van der Waals surface area contributed by atoms with Crippen molar-refractivity contribution in [2.24, 2.45) is 5.73 Å². The SMILES string of the molecule is CCCCNC(=O)CC[C@@H](C=O)NC(=O)CCC(N)C(=O)O. The van der Waals surface area contributed by atoms with E-state index in [9.17, 15) is 19.2 Å². The summed E-state index contributed by atoms with van der Waals surface area (Å²) in [5.41, 5.74) is 5.28. The van der Waals surface area contributed by atoms with Crippen LogP contribution in [-0.2, 0) is 19.2 Å². The Morgan fingerprint density at radius 3 is 2.36 bits per heavy atom. The number of unbranched alkanes of at least 4 members (excludes halogenated alkanes) is 1. The van der Waals surface area contributed by atoms with Crippen LogP contribution in [0.15, 0.2) is 0 Å². The first kappa shape index (κ1) is 20.0. The Balaban J connectivity index is 3.99. The van der Waals surface area contributed by atoms with Crippen LogP contribution in [0.4, 0.5) is 0 Å². The largest absolute Gasteiger partial charge is 0.480 e. The molecule has 0 heterocycles. The second-order valence-corrected chi connectivity index (χ2v) is 5.04. The van der Waals surface area contributed by atoms with Gasteiger partial charge in [0.1, 0.15) is 12.3 Å². The van der Waals surface area contributed by atoms with Crippen LogP contribution in [0.25, 0.3) is 0 Å². The van der Waals surface area contributed by atoms with Gasteiger partial charge in [0, 0.05) is 19.4 Å². The van der Waals surface area contributed by atoms with Gasteiger partial charge in [-0.3, -0.25) is 14.4 Å². The molecule has 0 saturated carbocycles. The number of carbonyl (C=O) groups excluding carboxylic acids is 3. The van der Waals surface area contributed by atoms with Crippen LogP contribution < -0.4 is 16.4 Å². The highest BCUT2D eigenvalue weighted by Crippen LogP contribution is 1.99. The summed E-state index contributed by atoms with van der Waals surface area (Å²) in [6, 6.07) is -1.87. The average Bonchev–Trinajstić information content (AvgIpc) is 2.48. The lowest BCUT2D eigenvalue weighted by Crippen LogP contribution is -2.38. The van der Waals surface area contributed by atoms with Crippen LogP contribution in [0.1, 0.15) is 45.4 Å². The lowest BCUT2D eigenvalue weighted by Gasteiger charge is -2.13. The fourth-order valence-electron chi connectivity index (χ4n) is 1.64. The zero-order valence-electron chi connectivity index (χ0n) is 12.8. The molecule has 0 aliphatic rings. The Morgan fingerprint density at radius 2 is 1.82 bits per heavy atom. The van der Waals surface area contributed by atoms with Gasteiger partial charge in [-0.15, -0.1) is 0 Å². The molecular formula is C14H25N3O5. The number of carbonyl (C=O) groups is 4. The van der Waals surface area contributed by atoms with Gasteiger partial charge in [-0.1, -0.05) is 13.3 Å². The minimum absolute atomic E-state index is 0.00967. The first-order valence-electron chi connectivity index (χ1n) is 7.40. The molecule has 0 bridgehead atoms. The van der Waals surface area contributed by atoms with E-state index in [1.54, 1.807) is 0 Å². The quantitative estimate of drug-likeness (QED) is 0.284. The summed E-state index contributed by atoms with van der Waals surface area (Å²) in [5.74, 6) is -1.80. The number of amides is 2. The van der Waals surface area contributed by atoms with Crippen molar-refractivity contribution in [2.75, 3.05) is 6.54 Å². The van der Waals surface area contributed by atoms with E-state index in [1.165, 1.54) is 0 Å². The van der Waals surface area contributed by atoms with Crippen molar-refractivity contribution < 1.29 is 24.3 Å². The van der Waals surface area contributed by atoms with E-state index in [-0.39, 0.29) is 31.6 Å². The van der Waals surface area contributed by atoms with E-state index in [0.29, 0.717) is 12.8 Å². The third-order valence-corrected chi connectivity index (χ3v) is 3.05. The van der Waals surface area contributed by atoms with Crippen LogP contribution in [0.2, 0.25) is 0 Å². The van der Waals surface area contributed by atoms with Crippen molar-refractivity contribution in [3.05, 3.63) is 0 Å². The van der Waals surface area contributed by atoms with Crippen molar-refractivity contribution in [3.63, 3.8) is 0 Å². The Labute approximate surface area is 129 Å². The highest BCUT2D eigenvalue weighted by atomic mass is 16.4. The Morgan fingerprint density at radius 1 is 1.18 bits per heavy atom. The monoisotopic (exact) mass is 315 g/mol. The number of nitrogens with one attached hydrogen (secondary N) is 2. The summed E-state index contributed by atoms with van der Waals surface area (Å²) in [7, 11) is 0. The van der Waals surface area contributed by atoms with E-state index in [1.807, 2.05) is 6.92 Å². The topological polar surface area (TPSA) is 139 Å². The van der Waals surface area contributed by atoms with E-state index in [0.717, 1.165) is 12.8 Å². The number of rotatable bonds is 12.